The van der Waals surface area contributed by atoms with E-state index in [4.69, 9.17) is 0 Å². The van der Waals surface area contributed by atoms with Crippen molar-refractivity contribution in [2.24, 2.45) is 11.8 Å². The summed E-state index contributed by atoms with van der Waals surface area (Å²) in [5, 5.41) is 3.82. The molecule has 0 heterocycles. The molecule has 0 saturated heterocycles. The maximum atomic E-state index is 3.82. The highest BCUT2D eigenvalue weighted by atomic mass is 15.0. The maximum absolute atomic E-state index is 3.82. The lowest BCUT2D eigenvalue weighted by molar-refractivity contribution is 0.346. The van der Waals surface area contributed by atoms with E-state index in [-0.39, 0.29) is 0 Å². The highest BCUT2D eigenvalue weighted by molar-refractivity contribution is 5.28. The summed E-state index contributed by atoms with van der Waals surface area (Å²) in [6, 6.07) is 9.87. The molecule has 4 atom stereocenters. The Morgan fingerprint density at radius 3 is 2.47 bits per heavy atom. The molecule has 1 saturated carbocycles. The largest absolute Gasteiger partial charge is 0.307 e. The maximum Gasteiger partial charge on any atom is 0.0297 e. The highest BCUT2D eigenvalue weighted by Gasteiger charge is 2.30. The van der Waals surface area contributed by atoms with Crippen molar-refractivity contribution < 1.29 is 0 Å². The van der Waals surface area contributed by atoms with Gasteiger partial charge in [-0.05, 0) is 49.7 Å². The van der Waals surface area contributed by atoms with Gasteiger partial charge in [0, 0.05) is 12.1 Å². The molecule has 1 aromatic carbocycles. The molecule has 1 aliphatic rings. The normalized spacial score (nSPS) is 30.5. The molecule has 4 unspecified atom stereocenters. The van der Waals surface area contributed by atoms with Crippen LogP contribution in [0.25, 0.3) is 0 Å². The Morgan fingerprint density at radius 1 is 1.18 bits per heavy atom. The van der Waals surface area contributed by atoms with Gasteiger partial charge in [0.1, 0.15) is 0 Å². The summed E-state index contributed by atoms with van der Waals surface area (Å²) in [6.07, 6.45) is 2.71. The van der Waals surface area contributed by atoms with E-state index >= 15 is 0 Å². The van der Waals surface area contributed by atoms with Gasteiger partial charge in [-0.3, -0.25) is 0 Å². The van der Waals surface area contributed by atoms with Crippen molar-refractivity contribution >= 4 is 0 Å². The van der Waals surface area contributed by atoms with Crippen LogP contribution in [0, 0.1) is 18.8 Å². The first-order chi connectivity index (χ1) is 8.09. The molecule has 2 rings (SSSR count). The average molecular weight is 231 g/mol. The van der Waals surface area contributed by atoms with E-state index in [1.807, 2.05) is 0 Å². The summed E-state index contributed by atoms with van der Waals surface area (Å²) in [6.45, 7) is 9.26. The summed E-state index contributed by atoms with van der Waals surface area (Å²) in [5.41, 5.74) is 2.84. The van der Waals surface area contributed by atoms with Gasteiger partial charge in [-0.25, -0.2) is 0 Å². The molecule has 0 aliphatic heterocycles. The quantitative estimate of drug-likeness (QED) is 0.826. The van der Waals surface area contributed by atoms with E-state index in [0.29, 0.717) is 12.1 Å². The fraction of sp³-hybridized carbons (Fsp3) is 0.625. The minimum absolute atomic E-state index is 0.467. The number of hydrogen-bond acceptors (Lipinski definition) is 1. The van der Waals surface area contributed by atoms with Crippen LogP contribution in [0.3, 0.4) is 0 Å². The summed E-state index contributed by atoms with van der Waals surface area (Å²) in [5.74, 6) is 1.68. The van der Waals surface area contributed by atoms with E-state index in [1.54, 1.807) is 0 Å². The standard InChI is InChI=1S/C16H25N/c1-11-9-10-16(13(11)3)17-14(4)15-8-6-5-7-12(15)2/h5-8,11,13-14,16-17H,9-10H2,1-4H3. The summed E-state index contributed by atoms with van der Waals surface area (Å²) in [7, 11) is 0. The molecule has 0 spiro atoms. The third kappa shape index (κ3) is 2.71. The molecule has 94 valence electrons. The monoisotopic (exact) mass is 231 g/mol. The fourth-order valence-corrected chi connectivity index (χ4v) is 3.08. The second-order valence-corrected chi connectivity index (χ2v) is 5.77. The number of aryl methyl sites for hydroxylation is 1. The van der Waals surface area contributed by atoms with E-state index in [1.165, 1.54) is 24.0 Å². The summed E-state index contributed by atoms with van der Waals surface area (Å²) in [4.78, 5) is 0. The smallest absolute Gasteiger partial charge is 0.0297 e. The molecule has 1 aliphatic carbocycles. The van der Waals surface area contributed by atoms with Crippen molar-refractivity contribution in [2.75, 3.05) is 0 Å². The molecular formula is C16H25N. The topological polar surface area (TPSA) is 12.0 Å². The zero-order valence-electron chi connectivity index (χ0n) is 11.5. The van der Waals surface area contributed by atoms with E-state index < -0.39 is 0 Å². The van der Waals surface area contributed by atoms with Crippen LogP contribution in [0.5, 0.6) is 0 Å². The highest BCUT2D eigenvalue weighted by Crippen LogP contribution is 2.32. The van der Waals surface area contributed by atoms with Crippen molar-refractivity contribution in [2.45, 2.75) is 52.6 Å². The van der Waals surface area contributed by atoms with Crippen LogP contribution >= 0.6 is 0 Å². The van der Waals surface area contributed by atoms with E-state index in [0.717, 1.165) is 11.8 Å². The Kier molecular flexibility index (Phi) is 3.88. The van der Waals surface area contributed by atoms with Gasteiger partial charge in [0.2, 0.25) is 0 Å². The lowest BCUT2D eigenvalue weighted by Crippen LogP contribution is -2.34. The SMILES string of the molecule is Cc1ccccc1C(C)NC1CCC(C)C1C. The number of hydrogen-bond donors (Lipinski definition) is 1. The van der Waals surface area contributed by atoms with Crippen LogP contribution in [0.4, 0.5) is 0 Å². The van der Waals surface area contributed by atoms with Crippen LogP contribution in [0.1, 0.15) is 50.8 Å². The summed E-state index contributed by atoms with van der Waals surface area (Å²) < 4.78 is 0. The molecule has 0 amide bonds. The van der Waals surface area contributed by atoms with Gasteiger partial charge in [-0.15, -0.1) is 0 Å². The predicted molar refractivity (Wildman–Crippen MR) is 74.1 cm³/mol. The molecule has 1 heteroatoms. The average Bonchev–Trinajstić information content (AvgIpc) is 2.61. The van der Waals surface area contributed by atoms with Crippen LogP contribution in [0.15, 0.2) is 24.3 Å². The molecule has 0 radical (unpaired) electrons. The molecule has 0 aromatic heterocycles. The Balaban J connectivity index is 2.02. The number of rotatable bonds is 3. The Bertz CT molecular complexity index is 372. The van der Waals surface area contributed by atoms with Crippen LogP contribution in [0.2, 0.25) is 0 Å². The molecule has 1 nitrogen and oxygen atoms in total. The van der Waals surface area contributed by atoms with Crippen LogP contribution in [-0.4, -0.2) is 6.04 Å². The van der Waals surface area contributed by atoms with Crippen LogP contribution < -0.4 is 5.32 Å². The summed E-state index contributed by atoms with van der Waals surface area (Å²) >= 11 is 0. The third-order valence-corrected chi connectivity index (χ3v) is 4.58. The Hall–Kier alpha value is -0.820. The van der Waals surface area contributed by atoms with Gasteiger partial charge in [0.05, 0.1) is 0 Å². The third-order valence-electron chi connectivity index (χ3n) is 4.58. The molecular weight excluding hydrogens is 206 g/mol. The van der Waals surface area contributed by atoms with Crippen molar-refractivity contribution in [3.05, 3.63) is 35.4 Å². The van der Waals surface area contributed by atoms with Crippen molar-refractivity contribution in [1.29, 1.82) is 0 Å². The first-order valence-electron chi connectivity index (χ1n) is 6.91. The molecule has 1 N–H and O–H groups in total. The second-order valence-electron chi connectivity index (χ2n) is 5.77. The predicted octanol–water partition coefficient (Wildman–Crippen LogP) is 4.08. The van der Waals surface area contributed by atoms with Gasteiger partial charge < -0.3 is 5.32 Å². The molecule has 1 aromatic rings. The van der Waals surface area contributed by atoms with Gasteiger partial charge in [0.25, 0.3) is 0 Å². The fourth-order valence-electron chi connectivity index (χ4n) is 3.08. The van der Waals surface area contributed by atoms with Crippen LogP contribution in [-0.2, 0) is 0 Å². The number of nitrogens with one attached hydrogen (secondary N) is 1. The van der Waals surface area contributed by atoms with E-state index in [2.05, 4.69) is 57.3 Å². The van der Waals surface area contributed by atoms with Crippen molar-refractivity contribution in [3.63, 3.8) is 0 Å². The van der Waals surface area contributed by atoms with Gasteiger partial charge in [0.15, 0.2) is 0 Å². The number of benzene rings is 1. The van der Waals surface area contributed by atoms with Gasteiger partial charge in [-0.2, -0.15) is 0 Å². The lowest BCUT2D eigenvalue weighted by atomic mass is 9.96. The Morgan fingerprint density at radius 2 is 1.88 bits per heavy atom. The van der Waals surface area contributed by atoms with Crippen molar-refractivity contribution in [3.8, 4) is 0 Å². The first kappa shape index (κ1) is 12.6. The lowest BCUT2D eigenvalue weighted by Gasteiger charge is -2.25. The van der Waals surface area contributed by atoms with Crippen molar-refractivity contribution in [1.82, 2.24) is 5.32 Å². The molecule has 0 bridgehead atoms. The minimum atomic E-state index is 0.467. The second kappa shape index (κ2) is 5.22. The molecule has 17 heavy (non-hydrogen) atoms. The van der Waals surface area contributed by atoms with Gasteiger partial charge >= 0.3 is 0 Å². The zero-order valence-corrected chi connectivity index (χ0v) is 11.5. The Labute approximate surface area is 106 Å². The van der Waals surface area contributed by atoms with E-state index in [9.17, 15) is 0 Å². The van der Waals surface area contributed by atoms with Gasteiger partial charge in [-0.1, -0.05) is 38.1 Å². The molecule has 1 fully saturated rings. The minimum Gasteiger partial charge on any atom is -0.307 e. The zero-order chi connectivity index (χ0) is 12.4. The first-order valence-corrected chi connectivity index (χ1v) is 6.91.